The zero-order valence-electron chi connectivity index (χ0n) is 19.4. The van der Waals surface area contributed by atoms with Crippen molar-refractivity contribution >= 4 is 17.8 Å². The Hall–Kier alpha value is -3.73. The Morgan fingerprint density at radius 2 is 1.31 bits per heavy atom. The molecule has 0 N–H and O–H groups in total. The molecule has 0 spiro atoms. The molecule has 3 aromatic carbocycles. The fourth-order valence-corrected chi connectivity index (χ4v) is 6.39. The maximum atomic E-state index is 13.5. The molecule has 35 heavy (non-hydrogen) atoms. The SMILES string of the molecule is O=C(Oc1ccc(-c2ccccc2)cc1)[C@H](Cc1ccccc1)N1C(=O)[C@H]2[C@@H]3CC[C@@H](C3)[C@@H]2C1=O. The third kappa shape index (κ3) is 3.85. The minimum absolute atomic E-state index is 0.190. The van der Waals surface area contributed by atoms with Crippen LogP contribution in [0.1, 0.15) is 24.8 Å². The second-order valence-corrected chi connectivity index (χ2v) is 9.95. The van der Waals surface area contributed by atoms with Gasteiger partial charge in [0.25, 0.3) is 0 Å². The van der Waals surface area contributed by atoms with Gasteiger partial charge in [0.1, 0.15) is 11.8 Å². The van der Waals surface area contributed by atoms with Gasteiger partial charge in [-0.05, 0) is 59.9 Å². The first kappa shape index (κ1) is 21.8. The lowest BCUT2D eigenvalue weighted by Gasteiger charge is -2.26. The monoisotopic (exact) mass is 465 g/mol. The average molecular weight is 466 g/mol. The highest BCUT2D eigenvalue weighted by molar-refractivity contribution is 6.08. The number of rotatable bonds is 6. The van der Waals surface area contributed by atoms with Crippen molar-refractivity contribution in [2.24, 2.45) is 23.7 Å². The van der Waals surface area contributed by atoms with E-state index in [4.69, 9.17) is 4.74 Å². The van der Waals surface area contributed by atoms with Crippen LogP contribution in [0.4, 0.5) is 0 Å². The van der Waals surface area contributed by atoms with Crippen LogP contribution >= 0.6 is 0 Å². The second kappa shape index (κ2) is 8.81. The second-order valence-electron chi connectivity index (χ2n) is 9.95. The Bertz CT molecular complexity index is 1230. The minimum atomic E-state index is -0.976. The van der Waals surface area contributed by atoms with Crippen molar-refractivity contribution in [3.8, 4) is 16.9 Å². The lowest BCUT2D eigenvalue weighted by atomic mass is 9.81. The molecule has 0 aromatic heterocycles. The summed E-state index contributed by atoms with van der Waals surface area (Å²) in [6.45, 7) is 0. The van der Waals surface area contributed by atoms with Gasteiger partial charge < -0.3 is 4.74 Å². The summed E-state index contributed by atoms with van der Waals surface area (Å²) in [5.41, 5.74) is 2.97. The van der Waals surface area contributed by atoms with Crippen molar-refractivity contribution in [3.05, 3.63) is 90.5 Å². The summed E-state index contributed by atoms with van der Waals surface area (Å²) < 4.78 is 5.76. The van der Waals surface area contributed by atoms with E-state index in [9.17, 15) is 14.4 Å². The fourth-order valence-electron chi connectivity index (χ4n) is 6.39. The van der Waals surface area contributed by atoms with Gasteiger partial charge in [-0.25, -0.2) is 4.79 Å². The average Bonchev–Trinajstić information content (AvgIpc) is 3.58. The van der Waals surface area contributed by atoms with Crippen molar-refractivity contribution < 1.29 is 19.1 Å². The lowest BCUT2D eigenvalue weighted by molar-refractivity contribution is -0.154. The summed E-state index contributed by atoms with van der Waals surface area (Å²) in [5, 5.41) is 0. The highest BCUT2D eigenvalue weighted by Crippen LogP contribution is 2.56. The molecule has 2 aliphatic carbocycles. The summed E-state index contributed by atoms with van der Waals surface area (Å²) in [7, 11) is 0. The largest absolute Gasteiger partial charge is 0.425 e. The number of benzene rings is 3. The Morgan fingerprint density at radius 1 is 0.771 bits per heavy atom. The maximum absolute atomic E-state index is 13.5. The summed E-state index contributed by atoms with van der Waals surface area (Å²) in [6.07, 6.45) is 3.21. The van der Waals surface area contributed by atoms with E-state index in [1.165, 1.54) is 4.90 Å². The quantitative estimate of drug-likeness (QED) is 0.295. The fraction of sp³-hybridized carbons (Fsp3) is 0.300. The third-order valence-electron chi connectivity index (χ3n) is 8.00. The van der Waals surface area contributed by atoms with E-state index >= 15 is 0 Å². The molecule has 0 unspecified atom stereocenters. The molecule has 3 aliphatic rings. The molecule has 176 valence electrons. The normalized spacial score (nSPS) is 25.5. The number of amides is 2. The molecule has 2 bridgehead atoms. The van der Waals surface area contributed by atoms with Gasteiger partial charge in [0, 0.05) is 6.42 Å². The number of fused-ring (bicyclic) bond motifs is 5. The van der Waals surface area contributed by atoms with Gasteiger partial charge in [0.05, 0.1) is 11.8 Å². The molecule has 5 heteroatoms. The first-order valence-corrected chi connectivity index (χ1v) is 12.4. The zero-order valence-corrected chi connectivity index (χ0v) is 19.4. The molecule has 0 radical (unpaired) electrons. The predicted molar refractivity (Wildman–Crippen MR) is 131 cm³/mol. The van der Waals surface area contributed by atoms with Crippen LogP contribution in [0.2, 0.25) is 0 Å². The topological polar surface area (TPSA) is 63.7 Å². The van der Waals surface area contributed by atoms with Crippen molar-refractivity contribution in [1.29, 1.82) is 0 Å². The number of likely N-dealkylation sites (tertiary alicyclic amines) is 1. The Balaban J connectivity index is 1.26. The Labute approximate surface area is 204 Å². The maximum Gasteiger partial charge on any atom is 0.335 e. The summed E-state index contributed by atoms with van der Waals surface area (Å²) in [5.74, 6) is -0.554. The van der Waals surface area contributed by atoms with Crippen LogP contribution in [0.3, 0.4) is 0 Å². The van der Waals surface area contributed by atoms with E-state index < -0.39 is 12.0 Å². The van der Waals surface area contributed by atoms with E-state index in [-0.39, 0.29) is 41.9 Å². The van der Waals surface area contributed by atoms with E-state index in [0.717, 1.165) is 36.0 Å². The van der Waals surface area contributed by atoms with E-state index in [2.05, 4.69) is 0 Å². The molecule has 5 atom stereocenters. The van der Waals surface area contributed by atoms with Crippen molar-refractivity contribution in [1.82, 2.24) is 4.90 Å². The van der Waals surface area contributed by atoms with Crippen molar-refractivity contribution in [3.63, 3.8) is 0 Å². The Kier molecular flexibility index (Phi) is 5.48. The number of carbonyl (C=O) groups is 3. The van der Waals surface area contributed by atoms with Gasteiger partial charge in [-0.3, -0.25) is 14.5 Å². The summed E-state index contributed by atoms with van der Waals surface area (Å²) in [6, 6.07) is 25.8. The molecular formula is C30H27NO4. The van der Waals surface area contributed by atoms with Crippen LogP contribution in [0.25, 0.3) is 11.1 Å². The number of hydrogen-bond acceptors (Lipinski definition) is 4. The highest BCUT2D eigenvalue weighted by atomic mass is 16.5. The number of nitrogens with zero attached hydrogens (tertiary/aromatic N) is 1. The molecule has 1 heterocycles. The van der Waals surface area contributed by atoms with Crippen molar-refractivity contribution in [2.75, 3.05) is 0 Å². The minimum Gasteiger partial charge on any atom is -0.425 e. The molecule has 5 nitrogen and oxygen atoms in total. The van der Waals surface area contributed by atoms with E-state index in [1.807, 2.05) is 72.8 Å². The van der Waals surface area contributed by atoms with E-state index in [1.54, 1.807) is 12.1 Å². The number of carbonyl (C=O) groups excluding carboxylic acids is 3. The van der Waals surface area contributed by atoms with Crippen LogP contribution in [-0.4, -0.2) is 28.7 Å². The molecule has 3 fully saturated rings. The summed E-state index contributed by atoms with van der Waals surface area (Å²) >= 11 is 0. The zero-order chi connectivity index (χ0) is 23.9. The molecule has 2 amide bonds. The molecule has 1 saturated heterocycles. The van der Waals surface area contributed by atoms with Gasteiger partial charge in [-0.15, -0.1) is 0 Å². The van der Waals surface area contributed by atoms with Crippen LogP contribution in [0.5, 0.6) is 5.75 Å². The van der Waals surface area contributed by atoms with Gasteiger partial charge in [-0.1, -0.05) is 72.8 Å². The molecule has 6 rings (SSSR count). The van der Waals surface area contributed by atoms with Gasteiger partial charge in [0.15, 0.2) is 0 Å². The van der Waals surface area contributed by atoms with E-state index in [0.29, 0.717) is 5.75 Å². The number of ether oxygens (including phenoxy) is 1. The van der Waals surface area contributed by atoms with Crippen LogP contribution in [0, 0.1) is 23.7 Å². The van der Waals surface area contributed by atoms with Gasteiger partial charge in [0.2, 0.25) is 11.8 Å². The lowest BCUT2D eigenvalue weighted by Crippen LogP contribution is -2.49. The Morgan fingerprint density at radius 3 is 1.91 bits per heavy atom. The number of imide groups is 1. The molecule has 3 aromatic rings. The summed E-state index contributed by atoms with van der Waals surface area (Å²) in [4.78, 5) is 41.7. The smallest absolute Gasteiger partial charge is 0.335 e. The first-order chi connectivity index (χ1) is 17.1. The van der Waals surface area contributed by atoms with Gasteiger partial charge >= 0.3 is 5.97 Å². The first-order valence-electron chi connectivity index (χ1n) is 12.4. The number of hydrogen-bond donors (Lipinski definition) is 0. The molecule has 2 saturated carbocycles. The third-order valence-corrected chi connectivity index (χ3v) is 8.00. The standard InChI is InChI=1S/C30H27NO4/c32-28-26-22-11-12-23(18-22)27(26)29(33)31(28)25(17-19-7-3-1-4-8-19)30(34)35-24-15-13-21(14-16-24)20-9-5-2-6-10-20/h1-10,13-16,22-23,25-27H,11-12,17-18H2/t22-,23+,25-,26-,27-/m0/s1. The molecular weight excluding hydrogens is 438 g/mol. The molecule has 1 aliphatic heterocycles. The van der Waals surface area contributed by atoms with Gasteiger partial charge in [-0.2, -0.15) is 0 Å². The van der Waals surface area contributed by atoms with Crippen LogP contribution in [-0.2, 0) is 20.8 Å². The predicted octanol–water partition coefficient (Wildman–Crippen LogP) is 4.90. The van der Waals surface area contributed by atoms with Crippen LogP contribution < -0.4 is 4.74 Å². The van der Waals surface area contributed by atoms with Crippen molar-refractivity contribution in [2.45, 2.75) is 31.7 Å². The number of esters is 1. The highest BCUT2D eigenvalue weighted by Gasteiger charge is 2.62. The van der Waals surface area contributed by atoms with Crippen LogP contribution in [0.15, 0.2) is 84.9 Å².